The summed E-state index contributed by atoms with van der Waals surface area (Å²) in [5, 5.41) is 2.10. The van der Waals surface area contributed by atoms with Gasteiger partial charge in [0.25, 0.3) is 0 Å². The molecule has 2 rings (SSSR count). The molecule has 2 aromatic rings. The van der Waals surface area contributed by atoms with E-state index in [2.05, 4.69) is 0 Å². The Morgan fingerprint density at radius 2 is 1.83 bits per heavy atom. The predicted molar refractivity (Wildman–Crippen MR) is 70.9 cm³/mol. The topological polar surface area (TPSA) is 35.5 Å². The zero-order valence-electron chi connectivity index (χ0n) is 10.8. The highest BCUT2D eigenvalue weighted by Crippen LogP contribution is 2.34. The molecule has 0 aromatic heterocycles. The van der Waals surface area contributed by atoms with Crippen LogP contribution in [0, 0.1) is 0 Å². The first-order valence-corrected chi connectivity index (χ1v) is 5.82. The minimum Gasteiger partial charge on any atom is -0.496 e. The van der Waals surface area contributed by atoms with E-state index in [0.29, 0.717) is 0 Å². The van der Waals surface area contributed by atoms with Crippen molar-refractivity contribution in [2.75, 3.05) is 14.2 Å². The van der Waals surface area contributed by atoms with Crippen molar-refractivity contribution in [2.24, 2.45) is 0 Å². The highest BCUT2D eigenvalue weighted by molar-refractivity contribution is 5.91. The van der Waals surface area contributed by atoms with Crippen molar-refractivity contribution < 1.29 is 14.3 Å². The van der Waals surface area contributed by atoms with E-state index in [4.69, 9.17) is 9.47 Å². The van der Waals surface area contributed by atoms with Crippen LogP contribution < -0.4 is 4.74 Å². The summed E-state index contributed by atoms with van der Waals surface area (Å²) < 4.78 is 10.3. The Balaban J connectivity index is 2.61. The van der Waals surface area contributed by atoms with Gasteiger partial charge in [-0.3, -0.25) is 4.79 Å². The number of hydrogen-bond acceptors (Lipinski definition) is 3. The molecule has 0 radical (unpaired) electrons. The summed E-state index contributed by atoms with van der Waals surface area (Å²) in [6, 6.07) is 11.9. The van der Waals surface area contributed by atoms with Gasteiger partial charge in [0.2, 0.25) is 0 Å². The van der Waals surface area contributed by atoms with Gasteiger partial charge in [0, 0.05) is 10.9 Å². The van der Waals surface area contributed by atoms with Gasteiger partial charge in [0.05, 0.1) is 20.1 Å². The summed E-state index contributed by atoms with van der Waals surface area (Å²) in [6.07, 6.45) is 0. The van der Waals surface area contributed by atoms with Crippen LogP contribution in [0.15, 0.2) is 36.4 Å². The van der Waals surface area contributed by atoms with Crippen molar-refractivity contribution in [3.63, 3.8) is 0 Å². The van der Waals surface area contributed by atoms with Crippen molar-refractivity contribution in [1.29, 1.82) is 0 Å². The third-order valence-corrected chi connectivity index (χ3v) is 3.14. The quantitative estimate of drug-likeness (QED) is 0.778. The van der Waals surface area contributed by atoms with Crippen LogP contribution >= 0.6 is 0 Å². The second-order valence-electron chi connectivity index (χ2n) is 4.15. The van der Waals surface area contributed by atoms with E-state index in [1.807, 2.05) is 43.3 Å². The standard InChI is InChI=1S/C15H16O3/c1-10(15(16)18-3)12-9-8-11-6-4-5-7-13(11)14(12)17-2/h4-10H,1-3H3. The molecule has 2 aromatic carbocycles. The summed E-state index contributed by atoms with van der Waals surface area (Å²) in [6.45, 7) is 1.82. The number of ether oxygens (including phenoxy) is 2. The Kier molecular flexibility index (Phi) is 3.51. The number of esters is 1. The molecule has 18 heavy (non-hydrogen) atoms. The number of carbonyl (C=O) groups excluding carboxylic acids is 1. The lowest BCUT2D eigenvalue weighted by Crippen LogP contribution is -2.12. The van der Waals surface area contributed by atoms with Crippen LogP contribution in [0.1, 0.15) is 18.4 Å². The summed E-state index contributed by atoms with van der Waals surface area (Å²) in [7, 11) is 3.02. The second-order valence-corrected chi connectivity index (χ2v) is 4.15. The van der Waals surface area contributed by atoms with Crippen LogP contribution in [0.2, 0.25) is 0 Å². The van der Waals surface area contributed by atoms with Gasteiger partial charge in [0.15, 0.2) is 0 Å². The Morgan fingerprint density at radius 1 is 1.11 bits per heavy atom. The van der Waals surface area contributed by atoms with E-state index in [-0.39, 0.29) is 11.9 Å². The summed E-state index contributed by atoms with van der Waals surface area (Å²) in [5.41, 5.74) is 0.850. The van der Waals surface area contributed by atoms with Crippen LogP contribution in [0.25, 0.3) is 10.8 Å². The van der Waals surface area contributed by atoms with Gasteiger partial charge in [-0.25, -0.2) is 0 Å². The van der Waals surface area contributed by atoms with E-state index in [0.717, 1.165) is 22.1 Å². The molecule has 94 valence electrons. The van der Waals surface area contributed by atoms with E-state index in [1.54, 1.807) is 7.11 Å². The van der Waals surface area contributed by atoms with Gasteiger partial charge < -0.3 is 9.47 Å². The molecular formula is C15H16O3. The first kappa shape index (κ1) is 12.4. The molecule has 0 heterocycles. The van der Waals surface area contributed by atoms with Crippen LogP contribution in [-0.2, 0) is 9.53 Å². The van der Waals surface area contributed by atoms with Gasteiger partial charge in [-0.2, -0.15) is 0 Å². The third kappa shape index (κ3) is 2.04. The zero-order chi connectivity index (χ0) is 13.1. The maximum atomic E-state index is 11.6. The van der Waals surface area contributed by atoms with Gasteiger partial charge in [-0.05, 0) is 12.3 Å². The first-order chi connectivity index (χ1) is 8.69. The number of rotatable bonds is 3. The lowest BCUT2D eigenvalue weighted by atomic mass is 9.96. The van der Waals surface area contributed by atoms with Crippen molar-refractivity contribution in [3.8, 4) is 5.75 Å². The molecule has 0 aliphatic carbocycles. The Hall–Kier alpha value is -2.03. The molecule has 0 N–H and O–H groups in total. The SMILES string of the molecule is COC(=O)C(C)c1ccc2ccccc2c1OC. The lowest BCUT2D eigenvalue weighted by Gasteiger charge is -2.15. The minimum atomic E-state index is -0.338. The van der Waals surface area contributed by atoms with Crippen LogP contribution in [-0.4, -0.2) is 20.2 Å². The highest BCUT2D eigenvalue weighted by Gasteiger charge is 2.20. The molecular weight excluding hydrogens is 228 g/mol. The van der Waals surface area contributed by atoms with E-state index >= 15 is 0 Å². The molecule has 0 spiro atoms. The fourth-order valence-electron chi connectivity index (χ4n) is 2.13. The molecule has 0 bridgehead atoms. The molecule has 1 unspecified atom stereocenters. The van der Waals surface area contributed by atoms with Crippen LogP contribution in [0.4, 0.5) is 0 Å². The maximum Gasteiger partial charge on any atom is 0.312 e. The smallest absolute Gasteiger partial charge is 0.312 e. The number of hydrogen-bond donors (Lipinski definition) is 0. The van der Waals surface area contributed by atoms with Crippen LogP contribution in [0.5, 0.6) is 5.75 Å². The van der Waals surface area contributed by atoms with Gasteiger partial charge in [-0.1, -0.05) is 36.4 Å². The summed E-state index contributed by atoms with van der Waals surface area (Å²) in [5.74, 6) is 0.143. The Morgan fingerprint density at radius 3 is 2.50 bits per heavy atom. The van der Waals surface area contributed by atoms with Gasteiger partial charge in [-0.15, -0.1) is 0 Å². The maximum absolute atomic E-state index is 11.6. The first-order valence-electron chi connectivity index (χ1n) is 5.82. The predicted octanol–water partition coefficient (Wildman–Crippen LogP) is 3.12. The average Bonchev–Trinajstić information content (AvgIpc) is 2.44. The van der Waals surface area contributed by atoms with Crippen molar-refractivity contribution in [1.82, 2.24) is 0 Å². The number of carbonyl (C=O) groups is 1. The number of benzene rings is 2. The van der Waals surface area contributed by atoms with Crippen molar-refractivity contribution >= 4 is 16.7 Å². The van der Waals surface area contributed by atoms with Gasteiger partial charge in [0.1, 0.15) is 5.75 Å². The summed E-state index contributed by atoms with van der Waals surface area (Å²) in [4.78, 5) is 11.6. The van der Waals surface area contributed by atoms with Crippen molar-refractivity contribution in [2.45, 2.75) is 12.8 Å². The van der Waals surface area contributed by atoms with Crippen molar-refractivity contribution in [3.05, 3.63) is 42.0 Å². The molecule has 3 nitrogen and oxygen atoms in total. The fraction of sp³-hybridized carbons (Fsp3) is 0.267. The van der Waals surface area contributed by atoms with Gasteiger partial charge >= 0.3 is 5.97 Å². The third-order valence-electron chi connectivity index (χ3n) is 3.14. The Bertz CT molecular complexity index is 575. The van der Waals surface area contributed by atoms with E-state index < -0.39 is 0 Å². The number of fused-ring (bicyclic) bond motifs is 1. The number of methoxy groups -OCH3 is 2. The molecule has 0 amide bonds. The molecule has 1 atom stereocenters. The highest BCUT2D eigenvalue weighted by atomic mass is 16.5. The molecule has 0 aliphatic rings. The molecule has 0 fully saturated rings. The fourth-order valence-corrected chi connectivity index (χ4v) is 2.13. The second kappa shape index (κ2) is 5.08. The minimum absolute atomic E-state index is 0.261. The normalized spacial score (nSPS) is 12.2. The molecule has 0 saturated carbocycles. The lowest BCUT2D eigenvalue weighted by molar-refractivity contribution is -0.142. The summed E-state index contributed by atoms with van der Waals surface area (Å²) >= 11 is 0. The largest absolute Gasteiger partial charge is 0.496 e. The van der Waals surface area contributed by atoms with E-state index in [1.165, 1.54) is 7.11 Å². The zero-order valence-corrected chi connectivity index (χ0v) is 10.8. The Labute approximate surface area is 106 Å². The molecule has 0 saturated heterocycles. The van der Waals surface area contributed by atoms with E-state index in [9.17, 15) is 4.79 Å². The molecule has 0 aliphatic heterocycles. The molecule has 3 heteroatoms. The average molecular weight is 244 g/mol. The van der Waals surface area contributed by atoms with Crippen LogP contribution in [0.3, 0.4) is 0 Å². The monoisotopic (exact) mass is 244 g/mol.